The molecule has 20 rings (SSSR count). The second-order valence-electron chi connectivity index (χ2n) is 36.6. The summed E-state index contributed by atoms with van der Waals surface area (Å²) in [4.78, 5) is 38.6. The van der Waals surface area contributed by atoms with Crippen LogP contribution in [0.5, 0.6) is 57.5 Å². The van der Waals surface area contributed by atoms with E-state index in [-0.39, 0.29) is 23.9 Å². The van der Waals surface area contributed by atoms with E-state index < -0.39 is 39.9 Å². The molecule has 1 N–H and O–H groups in total. The highest BCUT2D eigenvalue weighted by Crippen LogP contribution is 2.55. The minimum absolute atomic E-state index is 0.155. The van der Waals surface area contributed by atoms with Crippen molar-refractivity contribution in [1.82, 2.24) is 0 Å². The van der Waals surface area contributed by atoms with Crippen LogP contribution in [0, 0.1) is 20.8 Å². The monoisotopic (exact) mass is 2060 g/mol. The summed E-state index contributed by atoms with van der Waals surface area (Å²) in [6.07, 6.45) is 20.2. The zero-order valence-electron chi connectivity index (χ0n) is 83.9. The van der Waals surface area contributed by atoms with E-state index >= 15 is 0 Å². The van der Waals surface area contributed by atoms with E-state index in [1.807, 2.05) is 252 Å². The summed E-state index contributed by atoms with van der Waals surface area (Å²) in [6.45, 7) is 26.3. The van der Waals surface area contributed by atoms with E-state index in [4.69, 9.17) is 56.8 Å². The van der Waals surface area contributed by atoms with Crippen LogP contribution in [0.3, 0.4) is 0 Å². The van der Waals surface area contributed by atoms with Crippen molar-refractivity contribution in [2.24, 2.45) is 0 Å². The first kappa shape index (κ1) is 102. The lowest BCUT2D eigenvalue weighted by Gasteiger charge is -2.38. The Kier molecular flexibility index (Phi) is 31.2. The lowest BCUT2D eigenvalue weighted by Crippen LogP contribution is -2.35. The number of hydrogen-bond donors (Lipinski definition) is 1. The van der Waals surface area contributed by atoms with Crippen LogP contribution < -0.4 is 47.4 Å². The maximum Gasteiger partial charge on any atom is 0.342 e. The van der Waals surface area contributed by atoms with E-state index in [0.29, 0.717) is 66.4 Å². The van der Waals surface area contributed by atoms with Gasteiger partial charge in [-0.2, -0.15) is 0 Å². The maximum atomic E-state index is 13.3. The average Bonchev–Trinajstić information content (AvgIpc) is 0.721. The van der Waals surface area contributed by atoms with Crippen molar-refractivity contribution < 1.29 is 76.3 Å². The first-order chi connectivity index (χ1) is 70.3. The number of esters is 3. The Morgan fingerprint density at radius 1 is 0.331 bits per heavy atom. The molecule has 145 heavy (non-hydrogen) atoms. The van der Waals surface area contributed by atoms with Gasteiger partial charge in [0.2, 0.25) is 0 Å². The molecule has 4 aliphatic heterocycles. The fraction of sp³-hybridized carbons (Fsp3) is 0.220. The van der Waals surface area contributed by atoms with Crippen molar-refractivity contribution in [3.8, 4) is 57.5 Å². The maximum absolute atomic E-state index is 13.3. The summed E-state index contributed by atoms with van der Waals surface area (Å²) in [5, 5.41) is 18.6. The normalized spacial score (nSPS) is 15.8. The van der Waals surface area contributed by atoms with Gasteiger partial charge in [0.15, 0.2) is 28.2 Å². The lowest BCUT2D eigenvalue weighted by atomic mass is 9.81. The van der Waals surface area contributed by atoms with Gasteiger partial charge in [-0.1, -0.05) is 284 Å². The van der Waals surface area contributed by atoms with Gasteiger partial charge in [0.05, 0.1) is 57.9 Å². The van der Waals surface area contributed by atoms with Crippen molar-refractivity contribution in [3.63, 3.8) is 0 Å². The van der Waals surface area contributed by atoms with E-state index in [1.54, 1.807) is 14.0 Å². The topological polar surface area (TPSA) is 182 Å². The molecule has 0 saturated heterocycles. The molecule has 736 valence electrons. The molecule has 16 aromatic rings. The molecule has 0 bridgehead atoms. The van der Waals surface area contributed by atoms with Gasteiger partial charge in [0.1, 0.15) is 57.3 Å². The Balaban J connectivity index is 0.000000133. The highest BCUT2D eigenvalue weighted by Gasteiger charge is 2.45. The minimum atomic E-state index is -1.02. The summed E-state index contributed by atoms with van der Waals surface area (Å²) in [6, 6.07) is 101. The van der Waals surface area contributed by atoms with Crippen molar-refractivity contribution in [2.45, 2.75) is 137 Å². The van der Waals surface area contributed by atoms with Gasteiger partial charge in [-0.15, -0.1) is 0 Å². The molecule has 0 aromatic heterocycles. The average molecular weight is 2060 g/mol. The molecule has 0 saturated carbocycles. The Morgan fingerprint density at radius 2 is 0.628 bits per heavy atom. The van der Waals surface area contributed by atoms with Gasteiger partial charge >= 0.3 is 17.9 Å². The van der Waals surface area contributed by atoms with E-state index in [1.165, 1.54) is 23.4 Å². The molecule has 4 heterocycles. The molecule has 0 aliphatic carbocycles. The molecule has 3 atom stereocenters. The summed E-state index contributed by atoms with van der Waals surface area (Å²) < 4.78 is 75.4. The van der Waals surface area contributed by atoms with Crippen molar-refractivity contribution in [3.05, 3.63) is 437 Å². The van der Waals surface area contributed by atoms with Gasteiger partial charge in [0.25, 0.3) is 0 Å². The number of halogens is 2. The van der Waals surface area contributed by atoms with Crippen molar-refractivity contribution in [2.75, 3.05) is 46.8 Å². The van der Waals surface area contributed by atoms with Crippen molar-refractivity contribution >= 4 is 117 Å². The first-order valence-corrected chi connectivity index (χ1v) is 51.1. The van der Waals surface area contributed by atoms with Crippen LogP contribution in [0.15, 0.2) is 337 Å². The van der Waals surface area contributed by atoms with Crippen LogP contribution in [0.25, 0.3) is 67.4 Å². The molecule has 0 fully saturated rings. The number of aliphatic hydroxyl groups is 1. The lowest BCUT2D eigenvalue weighted by molar-refractivity contribution is -0.131. The Morgan fingerprint density at radius 3 is 1.00 bits per heavy atom. The van der Waals surface area contributed by atoms with Gasteiger partial charge < -0.3 is 61.9 Å². The van der Waals surface area contributed by atoms with Crippen LogP contribution >= 0.6 is 31.9 Å². The summed E-state index contributed by atoms with van der Waals surface area (Å²) >= 11 is 7.13. The molecule has 16 nitrogen and oxygen atoms in total. The number of hydrogen-bond acceptors (Lipinski definition) is 16. The fourth-order valence-corrected chi connectivity index (χ4v) is 19.8. The van der Waals surface area contributed by atoms with Gasteiger partial charge in [-0.25, -0.2) is 9.59 Å². The third kappa shape index (κ3) is 20.7. The third-order valence-electron chi connectivity index (χ3n) is 26.6. The number of ether oxygens (including phenoxy) is 12. The Bertz CT molecular complexity index is 7490. The van der Waals surface area contributed by atoms with Crippen LogP contribution in [-0.4, -0.2) is 69.8 Å². The number of carbonyl (C=O) groups is 3. The number of methoxy groups -OCH3 is 1. The van der Waals surface area contributed by atoms with Gasteiger partial charge in [-0.05, 0) is 240 Å². The SMILES string of the molecule is CCCOc1ccc(C2(c3ccc(Br)cc3)C=Cc3c(C(C)(C)O)cc4ccccc4c3O2)cc1.CCCOc1ccc(C2(c3ccc(OCCC)cc3)C=Cc3c(C(=O)OCC)c(C)c4ccccc4c3O2)cc1.CCCOc1ccc(C2(c3ccccc3)C=Cc3c(C(=O)OCC)c(OC(C)=O)c4ccccc4c3O2)cc1.COc1ccc(C2(c3ccc(Br)cc3)C=Cc3c(C)c(C)c4ccccc4c3O2)cc1. The molecule has 18 heteroatoms. The number of rotatable bonds is 27. The van der Waals surface area contributed by atoms with Gasteiger partial charge in [-0.3, -0.25) is 4.79 Å². The van der Waals surface area contributed by atoms with Crippen LogP contribution in [0.4, 0.5) is 0 Å². The van der Waals surface area contributed by atoms with E-state index in [0.717, 1.165) is 174 Å². The second kappa shape index (κ2) is 44.5. The number of benzene rings is 16. The summed E-state index contributed by atoms with van der Waals surface area (Å²) in [7, 11) is 1.68. The number of fused-ring (bicyclic) bond motifs is 12. The standard InChI is InChI=1S/C35H36O5.C33H30O6.C31H29BrO3.C28H23BrO2/c1-5-22-38-27-16-12-25(13-17-27)35(26-14-18-28(19-15-26)39-23-6-2)21-20-31-32(34(36)37-7-3)24(4)29-10-8-9-11-30(29)33(31)40-35;1-4-21-37-25-17-15-24(16-18-25)33(23-11-7-6-8-12-23)20-19-28-29(32(35)36-5-2)31(38-22(3)34)27-14-10-9-13-26(27)30(28)39-33;1-4-19-34-25-15-11-23(12-16-25)31(22-9-13-24(32)14-10-22)18-17-27-28(30(2,3)33)20-21-7-5-6-8-26(21)29(27)35-31;1-18-19(2)25-16-17-28(20-8-12-22(29)13-9-20,21-10-14-23(30-3)15-11-21)31-27(25)26-7-5-4-6-24(18)26/h8-21H,5-7,22-23H2,1-4H3;6-20H,4-5,21H2,1-3H3;5-18,20,33H,4,19H2,1-3H3;4-17H,1-3H3. The smallest absolute Gasteiger partial charge is 0.342 e. The molecule has 0 radical (unpaired) electrons. The Labute approximate surface area is 865 Å². The third-order valence-corrected chi connectivity index (χ3v) is 27.7. The van der Waals surface area contributed by atoms with Crippen molar-refractivity contribution in [1.29, 1.82) is 0 Å². The number of aryl methyl sites for hydroxylation is 2. The molecule has 0 amide bonds. The minimum Gasteiger partial charge on any atom is -0.497 e. The molecule has 3 unspecified atom stereocenters. The Hall–Kier alpha value is -15.0. The summed E-state index contributed by atoms with van der Waals surface area (Å²) in [5.41, 5.74) is 11.6. The molecule has 16 aromatic carbocycles. The zero-order chi connectivity index (χ0) is 102. The zero-order valence-corrected chi connectivity index (χ0v) is 87.1. The van der Waals surface area contributed by atoms with Crippen LogP contribution in [-0.2, 0) is 42.3 Å². The predicted molar refractivity (Wildman–Crippen MR) is 587 cm³/mol. The fourth-order valence-electron chi connectivity index (χ4n) is 19.3. The molecule has 4 aliphatic rings. The number of carbonyl (C=O) groups excluding carboxylic acids is 3. The van der Waals surface area contributed by atoms with E-state index in [9.17, 15) is 19.5 Å². The highest BCUT2D eigenvalue weighted by molar-refractivity contribution is 9.10. The molecular weight excluding hydrogens is 1940 g/mol. The predicted octanol–water partition coefficient (Wildman–Crippen LogP) is 30.9. The van der Waals surface area contributed by atoms with Crippen LogP contribution in [0.2, 0.25) is 0 Å². The highest BCUT2D eigenvalue weighted by atomic mass is 79.9. The summed E-state index contributed by atoms with van der Waals surface area (Å²) in [5.74, 6) is 5.64. The van der Waals surface area contributed by atoms with Crippen LogP contribution in [0.1, 0.15) is 198 Å². The first-order valence-electron chi connectivity index (χ1n) is 49.5. The quantitative estimate of drug-likeness (QED) is 0.0379. The molecule has 0 spiro atoms. The van der Waals surface area contributed by atoms with E-state index in [2.05, 4.69) is 201 Å². The molecular formula is C127H118Br2O16. The van der Waals surface area contributed by atoms with Gasteiger partial charge in [0, 0.05) is 110 Å². The second-order valence-corrected chi connectivity index (χ2v) is 38.4. The largest absolute Gasteiger partial charge is 0.497 e.